The van der Waals surface area contributed by atoms with Crippen molar-refractivity contribution in [1.29, 1.82) is 0 Å². The van der Waals surface area contributed by atoms with Crippen LogP contribution in [0.15, 0.2) is 42.9 Å². The fraction of sp³-hybridized carbons (Fsp3) is 0.267. The van der Waals surface area contributed by atoms with Gasteiger partial charge in [0, 0.05) is 13.6 Å². The summed E-state index contributed by atoms with van der Waals surface area (Å²) in [4.78, 5) is 12.9. The first-order chi connectivity index (χ1) is 9.83. The van der Waals surface area contributed by atoms with Gasteiger partial charge in [-0.2, -0.15) is 4.98 Å². The molecule has 5 nitrogen and oxygen atoms in total. The van der Waals surface area contributed by atoms with Gasteiger partial charge in [0.05, 0.1) is 12.5 Å². The number of nitrogens with one attached hydrogen (secondary N) is 1. The lowest BCUT2D eigenvalue weighted by molar-refractivity contribution is 0.854. The monoisotopic (exact) mass is 267 g/mol. The molecular formula is C15H17N5. The van der Waals surface area contributed by atoms with Gasteiger partial charge in [-0.1, -0.05) is 30.3 Å². The zero-order valence-corrected chi connectivity index (χ0v) is 11.5. The maximum absolute atomic E-state index is 4.39. The highest BCUT2D eigenvalue weighted by Gasteiger charge is 2.03. The van der Waals surface area contributed by atoms with Crippen molar-refractivity contribution in [2.45, 2.75) is 12.8 Å². The van der Waals surface area contributed by atoms with Gasteiger partial charge in [0.1, 0.15) is 5.52 Å². The van der Waals surface area contributed by atoms with Crippen LogP contribution in [0.2, 0.25) is 0 Å². The molecule has 5 heteroatoms. The summed E-state index contributed by atoms with van der Waals surface area (Å²) < 4.78 is 1.91. The molecule has 2 aromatic heterocycles. The van der Waals surface area contributed by atoms with Crippen LogP contribution in [0.3, 0.4) is 0 Å². The average Bonchev–Trinajstić information content (AvgIpc) is 2.86. The summed E-state index contributed by atoms with van der Waals surface area (Å²) in [6.45, 7) is 0.854. The second-order valence-electron chi connectivity index (χ2n) is 4.77. The molecule has 0 aliphatic rings. The molecule has 0 aliphatic heterocycles. The Balaban J connectivity index is 1.55. The predicted octanol–water partition coefficient (Wildman–Crippen LogP) is 2.41. The van der Waals surface area contributed by atoms with Crippen molar-refractivity contribution in [1.82, 2.24) is 19.5 Å². The number of aromatic nitrogens is 4. The first kappa shape index (κ1) is 12.6. The van der Waals surface area contributed by atoms with Crippen molar-refractivity contribution in [3.05, 3.63) is 48.4 Å². The summed E-state index contributed by atoms with van der Waals surface area (Å²) in [6, 6.07) is 10.5. The normalized spacial score (nSPS) is 10.8. The van der Waals surface area contributed by atoms with Crippen LogP contribution in [0.1, 0.15) is 12.0 Å². The van der Waals surface area contributed by atoms with Crippen molar-refractivity contribution in [3.8, 4) is 0 Å². The number of hydrogen-bond donors (Lipinski definition) is 1. The molecule has 0 radical (unpaired) electrons. The lowest BCUT2D eigenvalue weighted by atomic mass is 10.1. The van der Waals surface area contributed by atoms with Gasteiger partial charge in [0.25, 0.3) is 0 Å². The van der Waals surface area contributed by atoms with Gasteiger partial charge in [-0.15, -0.1) is 0 Å². The molecule has 0 unspecified atom stereocenters. The molecule has 0 aliphatic carbocycles. The zero-order chi connectivity index (χ0) is 13.8. The third-order valence-corrected chi connectivity index (χ3v) is 3.25. The van der Waals surface area contributed by atoms with Crippen LogP contribution in [0, 0.1) is 0 Å². The summed E-state index contributed by atoms with van der Waals surface area (Å²) in [5.74, 6) is 0.643. The van der Waals surface area contributed by atoms with Crippen LogP contribution >= 0.6 is 0 Å². The summed E-state index contributed by atoms with van der Waals surface area (Å²) in [7, 11) is 1.94. The van der Waals surface area contributed by atoms with E-state index in [2.05, 4.69) is 44.5 Å². The lowest BCUT2D eigenvalue weighted by Crippen LogP contribution is -2.06. The fourth-order valence-electron chi connectivity index (χ4n) is 2.14. The highest BCUT2D eigenvalue weighted by atomic mass is 15.1. The number of imidazole rings is 1. The van der Waals surface area contributed by atoms with Crippen LogP contribution in [0.25, 0.3) is 11.2 Å². The Morgan fingerprint density at radius 1 is 1.15 bits per heavy atom. The summed E-state index contributed by atoms with van der Waals surface area (Å²) in [5.41, 5.74) is 3.03. The molecule has 0 fully saturated rings. The zero-order valence-electron chi connectivity index (χ0n) is 11.5. The van der Waals surface area contributed by atoms with E-state index in [1.807, 2.05) is 17.7 Å². The van der Waals surface area contributed by atoms with Crippen molar-refractivity contribution in [2.75, 3.05) is 11.9 Å². The number of benzene rings is 1. The standard InChI is InChI=1S/C15H17N5/c1-20-11-18-14-13(20)10-17-15(19-14)16-9-5-8-12-6-3-2-4-7-12/h2-4,6-7,10-11H,5,8-9H2,1H3,(H,16,17,19). The third kappa shape index (κ3) is 2.77. The Hall–Kier alpha value is -2.43. The molecule has 20 heavy (non-hydrogen) atoms. The van der Waals surface area contributed by atoms with Crippen molar-refractivity contribution in [2.24, 2.45) is 7.05 Å². The second kappa shape index (κ2) is 5.69. The molecule has 102 valence electrons. The smallest absolute Gasteiger partial charge is 0.224 e. The maximum Gasteiger partial charge on any atom is 0.224 e. The summed E-state index contributed by atoms with van der Waals surface area (Å²) in [5, 5.41) is 3.24. The highest BCUT2D eigenvalue weighted by molar-refractivity contribution is 5.70. The number of aryl methyl sites for hydroxylation is 2. The van der Waals surface area contributed by atoms with E-state index < -0.39 is 0 Å². The Morgan fingerprint density at radius 3 is 2.85 bits per heavy atom. The van der Waals surface area contributed by atoms with Gasteiger partial charge >= 0.3 is 0 Å². The highest BCUT2D eigenvalue weighted by Crippen LogP contribution is 2.10. The molecule has 1 aromatic carbocycles. The van der Waals surface area contributed by atoms with Crippen LogP contribution in [-0.4, -0.2) is 26.1 Å². The Kier molecular flexibility index (Phi) is 3.58. The molecule has 0 bridgehead atoms. The molecule has 1 N–H and O–H groups in total. The molecule has 0 amide bonds. The average molecular weight is 267 g/mol. The van der Waals surface area contributed by atoms with Gasteiger partial charge < -0.3 is 9.88 Å². The number of nitrogens with zero attached hydrogens (tertiary/aromatic N) is 4. The molecule has 3 rings (SSSR count). The van der Waals surface area contributed by atoms with Crippen LogP contribution < -0.4 is 5.32 Å². The Bertz CT molecular complexity index is 690. The third-order valence-electron chi connectivity index (χ3n) is 3.25. The van der Waals surface area contributed by atoms with E-state index in [1.165, 1.54) is 5.56 Å². The number of fused-ring (bicyclic) bond motifs is 1. The number of anilines is 1. The minimum Gasteiger partial charge on any atom is -0.354 e. The van der Waals surface area contributed by atoms with Crippen molar-refractivity contribution < 1.29 is 0 Å². The van der Waals surface area contributed by atoms with Crippen LogP contribution in [-0.2, 0) is 13.5 Å². The molecule has 0 saturated heterocycles. The SMILES string of the molecule is Cn1cnc2nc(NCCCc3ccccc3)ncc21. The van der Waals surface area contributed by atoms with Crippen LogP contribution in [0.4, 0.5) is 5.95 Å². The molecule has 2 heterocycles. The maximum atomic E-state index is 4.39. The largest absolute Gasteiger partial charge is 0.354 e. The van der Waals surface area contributed by atoms with Gasteiger partial charge in [0.2, 0.25) is 5.95 Å². The Labute approximate surface area is 117 Å². The van der Waals surface area contributed by atoms with E-state index in [-0.39, 0.29) is 0 Å². The molecular weight excluding hydrogens is 250 g/mol. The van der Waals surface area contributed by atoms with E-state index >= 15 is 0 Å². The van der Waals surface area contributed by atoms with E-state index in [0.29, 0.717) is 5.95 Å². The van der Waals surface area contributed by atoms with Gasteiger partial charge in [-0.3, -0.25) is 0 Å². The van der Waals surface area contributed by atoms with E-state index in [1.54, 1.807) is 12.5 Å². The second-order valence-corrected chi connectivity index (χ2v) is 4.77. The van der Waals surface area contributed by atoms with Gasteiger partial charge in [-0.25, -0.2) is 9.97 Å². The van der Waals surface area contributed by atoms with Crippen molar-refractivity contribution in [3.63, 3.8) is 0 Å². The molecule has 0 atom stereocenters. The minimum absolute atomic E-state index is 0.643. The molecule has 0 saturated carbocycles. The van der Waals surface area contributed by atoms with Gasteiger partial charge in [-0.05, 0) is 18.4 Å². The molecule has 3 aromatic rings. The first-order valence-corrected chi connectivity index (χ1v) is 6.75. The topological polar surface area (TPSA) is 55.6 Å². The summed E-state index contributed by atoms with van der Waals surface area (Å²) in [6.07, 6.45) is 5.65. The van der Waals surface area contributed by atoms with E-state index in [0.717, 1.165) is 30.6 Å². The number of hydrogen-bond acceptors (Lipinski definition) is 4. The lowest BCUT2D eigenvalue weighted by Gasteiger charge is -2.04. The fourth-order valence-corrected chi connectivity index (χ4v) is 2.14. The molecule has 0 spiro atoms. The van der Waals surface area contributed by atoms with E-state index in [4.69, 9.17) is 0 Å². The Morgan fingerprint density at radius 2 is 2.00 bits per heavy atom. The van der Waals surface area contributed by atoms with Crippen molar-refractivity contribution >= 4 is 17.1 Å². The van der Waals surface area contributed by atoms with Crippen LogP contribution in [0.5, 0.6) is 0 Å². The summed E-state index contributed by atoms with van der Waals surface area (Å²) >= 11 is 0. The number of rotatable bonds is 5. The quantitative estimate of drug-likeness (QED) is 0.721. The van der Waals surface area contributed by atoms with Gasteiger partial charge in [0.15, 0.2) is 5.65 Å². The first-order valence-electron chi connectivity index (χ1n) is 6.75. The minimum atomic E-state index is 0.643. The predicted molar refractivity (Wildman–Crippen MR) is 79.6 cm³/mol. The van der Waals surface area contributed by atoms with E-state index in [9.17, 15) is 0 Å².